The number of hydrogen-bond acceptors (Lipinski definition) is 2. The Bertz CT molecular complexity index is 555. The molecular weight excluding hydrogens is 300 g/mol. The lowest BCUT2D eigenvalue weighted by atomic mass is 9.89. The Kier molecular flexibility index (Phi) is 3.72. The van der Waals surface area contributed by atoms with E-state index in [0.717, 1.165) is 11.0 Å². The molecule has 1 aromatic heterocycles. The summed E-state index contributed by atoms with van der Waals surface area (Å²) in [5.41, 5.74) is 1.30. The zero-order valence-electron chi connectivity index (χ0n) is 11.0. The zero-order chi connectivity index (χ0) is 13.2. The van der Waals surface area contributed by atoms with Crippen LogP contribution in [0.15, 0.2) is 35.1 Å². The molecule has 0 radical (unpaired) electrons. The zero-order valence-corrected chi connectivity index (χ0v) is 12.6. The molecule has 0 saturated carbocycles. The lowest BCUT2D eigenvalue weighted by Gasteiger charge is -2.35. The number of nitrogens with zero attached hydrogens (tertiary/aromatic N) is 2. The van der Waals surface area contributed by atoms with Gasteiger partial charge in [0.25, 0.3) is 0 Å². The van der Waals surface area contributed by atoms with Crippen LogP contribution in [0.2, 0.25) is 0 Å². The summed E-state index contributed by atoms with van der Waals surface area (Å²) in [4.78, 5) is 6.85. The van der Waals surface area contributed by atoms with Gasteiger partial charge in [-0.25, -0.2) is 0 Å². The Labute approximate surface area is 123 Å². The van der Waals surface area contributed by atoms with Gasteiger partial charge in [-0.2, -0.15) is 0 Å². The molecule has 0 spiro atoms. The fraction of sp³-hybridized carbons (Fsp3) is 0.438. The predicted molar refractivity (Wildman–Crippen MR) is 80.8 cm³/mol. The predicted octanol–water partition coefficient (Wildman–Crippen LogP) is 3.35. The molecule has 0 amide bonds. The molecule has 3 atom stereocenters. The molecule has 0 aliphatic carbocycles. The molecule has 1 saturated heterocycles. The highest BCUT2D eigenvalue weighted by Crippen LogP contribution is 2.39. The average Bonchev–Trinajstić information content (AvgIpc) is 2.68. The maximum absolute atomic E-state index is 4.30. The fourth-order valence-electron chi connectivity index (χ4n) is 3.24. The van der Waals surface area contributed by atoms with Gasteiger partial charge in [-0.15, -0.1) is 5.92 Å². The van der Waals surface area contributed by atoms with E-state index in [0.29, 0.717) is 18.0 Å². The number of fused-ring (bicyclic) bond motifs is 2. The number of pyridine rings is 1. The summed E-state index contributed by atoms with van der Waals surface area (Å²) in [6.45, 7) is 2.80. The van der Waals surface area contributed by atoms with Crippen molar-refractivity contribution in [3.05, 3.63) is 40.6 Å². The minimum absolute atomic E-state index is 0.447. The van der Waals surface area contributed by atoms with Crippen molar-refractivity contribution in [3.8, 4) is 11.8 Å². The first-order valence-electron chi connectivity index (χ1n) is 6.73. The van der Waals surface area contributed by atoms with E-state index in [1.54, 1.807) is 0 Å². The van der Waals surface area contributed by atoms with Crippen molar-refractivity contribution in [2.24, 2.45) is 0 Å². The monoisotopic (exact) mass is 316 g/mol. The van der Waals surface area contributed by atoms with Crippen LogP contribution in [0.1, 0.15) is 31.2 Å². The van der Waals surface area contributed by atoms with E-state index in [1.165, 1.54) is 18.4 Å². The van der Waals surface area contributed by atoms with Gasteiger partial charge in [0.15, 0.2) is 0 Å². The summed E-state index contributed by atoms with van der Waals surface area (Å²) < 4.78 is 1.05. The van der Waals surface area contributed by atoms with Crippen molar-refractivity contribution in [1.29, 1.82) is 0 Å². The van der Waals surface area contributed by atoms with Gasteiger partial charge in [-0.1, -0.05) is 18.1 Å². The van der Waals surface area contributed by atoms with Gasteiger partial charge in [-0.05, 0) is 47.3 Å². The van der Waals surface area contributed by atoms with Gasteiger partial charge in [0.05, 0.1) is 6.54 Å². The van der Waals surface area contributed by atoms with Gasteiger partial charge >= 0.3 is 0 Å². The topological polar surface area (TPSA) is 16.1 Å². The summed E-state index contributed by atoms with van der Waals surface area (Å²) >= 11 is 3.52. The first-order valence-corrected chi connectivity index (χ1v) is 7.53. The average molecular weight is 317 g/mol. The summed E-state index contributed by atoms with van der Waals surface area (Å²) in [6, 6.07) is 3.35. The van der Waals surface area contributed by atoms with E-state index in [2.05, 4.69) is 55.9 Å². The van der Waals surface area contributed by atoms with Gasteiger partial charge in [0, 0.05) is 34.9 Å². The molecule has 3 unspecified atom stereocenters. The molecule has 2 bridgehead atoms. The highest BCUT2D eigenvalue weighted by atomic mass is 79.9. The van der Waals surface area contributed by atoms with Crippen LogP contribution in [0, 0.1) is 11.8 Å². The van der Waals surface area contributed by atoms with E-state index < -0.39 is 0 Å². The second-order valence-electron chi connectivity index (χ2n) is 5.16. The van der Waals surface area contributed by atoms with Crippen molar-refractivity contribution in [1.82, 2.24) is 9.88 Å². The number of halogens is 1. The van der Waals surface area contributed by atoms with Crippen molar-refractivity contribution in [2.45, 2.75) is 37.8 Å². The van der Waals surface area contributed by atoms with Crippen LogP contribution >= 0.6 is 15.9 Å². The van der Waals surface area contributed by atoms with E-state index in [1.807, 2.05) is 19.3 Å². The summed E-state index contributed by atoms with van der Waals surface area (Å²) in [5, 5.41) is 0. The molecule has 3 rings (SSSR count). The summed E-state index contributed by atoms with van der Waals surface area (Å²) in [5.74, 6) is 6.68. The smallest absolute Gasteiger partial charge is 0.0609 e. The Morgan fingerprint density at radius 3 is 3.05 bits per heavy atom. The molecule has 2 nitrogen and oxygen atoms in total. The first-order chi connectivity index (χ1) is 9.29. The molecule has 3 heterocycles. The summed E-state index contributed by atoms with van der Waals surface area (Å²) in [6.07, 6.45) is 11.1. The van der Waals surface area contributed by atoms with Gasteiger partial charge in [0.1, 0.15) is 0 Å². The van der Waals surface area contributed by atoms with Crippen LogP contribution in [0.25, 0.3) is 0 Å². The van der Waals surface area contributed by atoms with Crippen molar-refractivity contribution in [3.63, 3.8) is 0 Å². The Balaban J connectivity index is 1.89. The van der Waals surface area contributed by atoms with Gasteiger partial charge in [0.2, 0.25) is 0 Å². The van der Waals surface area contributed by atoms with Crippen molar-refractivity contribution < 1.29 is 0 Å². The number of aromatic nitrogens is 1. The van der Waals surface area contributed by atoms with Crippen LogP contribution in [0.3, 0.4) is 0 Å². The van der Waals surface area contributed by atoms with Crippen molar-refractivity contribution in [2.75, 3.05) is 6.54 Å². The molecule has 19 heavy (non-hydrogen) atoms. The second-order valence-corrected chi connectivity index (χ2v) is 6.07. The fourth-order valence-corrected chi connectivity index (χ4v) is 3.62. The maximum Gasteiger partial charge on any atom is 0.0609 e. The molecule has 1 aromatic rings. The molecule has 2 aliphatic rings. The molecule has 2 aliphatic heterocycles. The molecular formula is C16H17BrN2. The second kappa shape index (κ2) is 5.48. The van der Waals surface area contributed by atoms with Crippen LogP contribution in [0.5, 0.6) is 0 Å². The lowest BCUT2D eigenvalue weighted by Crippen LogP contribution is -2.41. The molecule has 0 aromatic carbocycles. The third-order valence-corrected chi connectivity index (χ3v) is 4.55. The highest BCUT2D eigenvalue weighted by Gasteiger charge is 2.39. The lowest BCUT2D eigenvalue weighted by molar-refractivity contribution is 0.219. The Hall–Kier alpha value is -1.11. The number of hydrogen-bond donors (Lipinski definition) is 0. The Morgan fingerprint density at radius 1 is 1.37 bits per heavy atom. The van der Waals surface area contributed by atoms with Crippen LogP contribution in [-0.4, -0.2) is 28.5 Å². The third kappa shape index (κ3) is 2.48. The van der Waals surface area contributed by atoms with Crippen molar-refractivity contribution >= 4 is 15.9 Å². The SMILES string of the molecule is CC#CCN1C2C=CC(c3cncc(Br)c3)C1CC2. The Morgan fingerprint density at radius 2 is 2.26 bits per heavy atom. The van der Waals surface area contributed by atoms with E-state index >= 15 is 0 Å². The van der Waals surface area contributed by atoms with Crippen LogP contribution < -0.4 is 0 Å². The normalized spacial score (nSPS) is 29.1. The molecule has 98 valence electrons. The summed E-state index contributed by atoms with van der Waals surface area (Å²) in [7, 11) is 0. The molecule has 0 N–H and O–H groups in total. The minimum atomic E-state index is 0.447. The maximum atomic E-state index is 4.30. The minimum Gasteiger partial charge on any atom is -0.282 e. The van der Waals surface area contributed by atoms with Gasteiger partial charge in [-0.3, -0.25) is 9.88 Å². The quantitative estimate of drug-likeness (QED) is 0.614. The molecule has 3 heteroatoms. The van der Waals surface area contributed by atoms with E-state index in [-0.39, 0.29) is 0 Å². The van der Waals surface area contributed by atoms with Crippen LogP contribution in [0.4, 0.5) is 0 Å². The standard InChI is InChI=1S/C16H17BrN2/c1-2-3-8-19-14-4-6-15(16(19)7-5-14)12-9-13(17)11-18-10-12/h4,6,9-11,14-16H,5,7-8H2,1H3. The third-order valence-electron chi connectivity index (χ3n) is 4.11. The van der Waals surface area contributed by atoms with E-state index in [9.17, 15) is 0 Å². The highest BCUT2D eigenvalue weighted by molar-refractivity contribution is 9.10. The largest absolute Gasteiger partial charge is 0.282 e. The van der Waals surface area contributed by atoms with E-state index in [4.69, 9.17) is 0 Å². The number of rotatable bonds is 2. The van der Waals surface area contributed by atoms with Gasteiger partial charge < -0.3 is 0 Å². The molecule has 1 fully saturated rings. The van der Waals surface area contributed by atoms with Crippen LogP contribution in [-0.2, 0) is 0 Å². The first kappa shape index (κ1) is 12.9.